The molecule has 0 unspecified atom stereocenters. The standard InChI is InChI=1S/C12H19N3O5S/c1-12(2,11(17)18)7-14-10(16)9-5-8(6-15(9)4)21(19,20)13-3/h5-6,13H,7H2,1-4H3,(H,14,16)(H,17,18). The first kappa shape index (κ1) is 17.2. The second-order valence-corrected chi connectivity index (χ2v) is 7.14. The maximum Gasteiger partial charge on any atom is 0.310 e. The molecule has 0 fully saturated rings. The Balaban J connectivity index is 2.93. The average Bonchev–Trinajstić information content (AvgIpc) is 2.78. The molecule has 3 N–H and O–H groups in total. The van der Waals surface area contributed by atoms with Gasteiger partial charge in [0.15, 0.2) is 0 Å². The van der Waals surface area contributed by atoms with Gasteiger partial charge in [-0.05, 0) is 27.0 Å². The third-order valence-electron chi connectivity index (χ3n) is 3.06. The van der Waals surface area contributed by atoms with Gasteiger partial charge in [-0.1, -0.05) is 0 Å². The fraction of sp³-hybridized carbons (Fsp3) is 0.500. The molecule has 1 amide bonds. The van der Waals surface area contributed by atoms with Crippen molar-refractivity contribution in [1.82, 2.24) is 14.6 Å². The number of rotatable bonds is 6. The van der Waals surface area contributed by atoms with Gasteiger partial charge in [0.1, 0.15) is 10.6 Å². The lowest BCUT2D eigenvalue weighted by molar-refractivity contribution is -0.146. The molecule has 1 aromatic heterocycles. The van der Waals surface area contributed by atoms with Crippen LogP contribution in [0.25, 0.3) is 0 Å². The first-order valence-corrected chi connectivity index (χ1v) is 7.61. The summed E-state index contributed by atoms with van der Waals surface area (Å²) in [7, 11) is -0.826. The largest absolute Gasteiger partial charge is 0.481 e. The van der Waals surface area contributed by atoms with E-state index in [0.717, 1.165) is 0 Å². The number of carbonyl (C=O) groups excluding carboxylic acids is 1. The molecule has 0 aliphatic heterocycles. The van der Waals surface area contributed by atoms with Crippen LogP contribution in [0, 0.1) is 5.41 Å². The summed E-state index contributed by atoms with van der Waals surface area (Å²) >= 11 is 0. The fourth-order valence-electron chi connectivity index (χ4n) is 1.49. The minimum Gasteiger partial charge on any atom is -0.481 e. The van der Waals surface area contributed by atoms with E-state index in [1.165, 1.54) is 44.8 Å². The van der Waals surface area contributed by atoms with Gasteiger partial charge in [0.05, 0.1) is 5.41 Å². The van der Waals surface area contributed by atoms with Crippen LogP contribution in [0.15, 0.2) is 17.2 Å². The van der Waals surface area contributed by atoms with E-state index in [4.69, 9.17) is 5.11 Å². The van der Waals surface area contributed by atoms with Gasteiger partial charge in [-0.3, -0.25) is 9.59 Å². The molecule has 1 heterocycles. The normalized spacial score (nSPS) is 12.2. The van der Waals surface area contributed by atoms with Crippen molar-refractivity contribution in [3.63, 3.8) is 0 Å². The van der Waals surface area contributed by atoms with Gasteiger partial charge < -0.3 is 15.0 Å². The van der Waals surface area contributed by atoms with Crippen molar-refractivity contribution < 1.29 is 23.1 Å². The molecule has 0 aromatic carbocycles. The molecule has 1 aromatic rings. The minimum atomic E-state index is -3.64. The Hall–Kier alpha value is -1.87. The summed E-state index contributed by atoms with van der Waals surface area (Å²) in [6.45, 7) is 2.90. The highest BCUT2D eigenvalue weighted by atomic mass is 32.2. The molecule has 1 rings (SSSR count). The number of aromatic nitrogens is 1. The molecule has 0 spiro atoms. The van der Waals surface area contributed by atoms with Crippen molar-refractivity contribution in [3.05, 3.63) is 18.0 Å². The highest BCUT2D eigenvalue weighted by Gasteiger charge is 2.28. The molecule has 118 valence electrons. The molecule has 0 saturated carbocycles. The van der Waals surface area contributed by atoms with E-state index in [1.54, 1.807) is 0 Å². The van der Waals surface area contributed by atoms with E-state index in [-0.39, 0.29) is 17.1 Å². The Labute approximate surface area is 123 Å². The SMILES string of the molecule is CNS(=O)(=O)c1cc(C(=O)NCC(C)(C)C(=O)O)n(C)c1. The smallest absolute Gasteiger partial charge is 0.310 e. The van der Waals surface area contributed by atoms with Crippen LogP contribution < -0.4 is 10.0 Å². The van der Waals surface area contributed by atoms with Crippen LogP contribution in [0.3, 0.4) is 0 Å². The molecular weight excluding hydrogens is 298 g/mol. The summed E-state index contributed by atoms with van der Waals surface area (Å²) in [6.07, 6.45) is 1.31. The lowest BCUT2D eigenvalue weighted by Gasteiger charge is -2.19. The van der Waals surface area contributed by atoms with Gasteiger partial charge in [-0.2, -0.15) is 0 Å². The van der Waals surface area contributed by atoms with E-state index in [2.05, 4.69) is 10.0 Å². The number of aryl methyl sites for hydroxylation is 1. The van der Waals surface area contributed by atoms with Crippen LogP contribution in [0.2, 0.25) is 0 Å². The van der Waals surface area contributed by atoms with Crippen LogP contribution >= 0.6 is 0 Å². The summed E-state index contributed by atoms with van der Waals surface area (Å²) in [4.78, 5) is 23.0. The topological polar surface area (TPSA) is 118 Å². The Morgan fingerprint density at radius 2 is 1.95 bits per heavy atom. The van der Waals surface area contributed by atoms with Crippen molar-refractivity contribution >= 4 is 21.9 Å². The predicted molar refractivity (Wildman–Crippen MR) is 75.4 cm³/mol. The first-order valence-electron chi connectivity index (χ1n) is 6.13. The second-order valence-electron chi connectivity index (χ2n) is 5.25. The van der Waals surface area contributed by atoms with E-state index in [1.807, 2.05) is 0 Å². The van der Waals surface area contributed by atoms with Gasteiger partial charge in [0.2, 0.25) is 10.0 Å². The van der Waals surface area contributed by atoms with Gasteiger partial charge >= 0.3 is 5.97 Å². The van der Waals surface area contributed by atoms with E-state index in [9.17, 15) is 18.0 Å². The minimum absolute atomic E-state index is 0.0323. The summed E-state index contributed by atoms with van der Waals surface area (Å²) in [5.41, 5.74) is -0.981. The lowest BCUT2D eigenvalue weighted by atomic mass is 9.94. The second kappa shape index (κ2) is 5.86. The third kappa shape index (κ3) is 3.82. The monoisotopic (exact) mass is 317 g/mol. The Morgan fingerprint density at radius 1 is 1.38 bits per heavy atom. The molecule has 8 nitrogen and oxygen atoms in total. The summed E-state index contributed by atoms with van der Waals surface area (Å²) in [5.74, 6) is -1.57. The highest BCUT2D eigenvalue weighted by molar-refractivity contribution is 7.89. The van der Waals surface area contributed by atoms with Crippen LogP contribution in [0.4, 0.5) is 0 Å². The molecular formula is C12H19N3O5S. The molecule has 0 aliphatic rings. The number of nitrogens with one attached hydrogen (secondary N) is 2. The van der Waals surface area contributed by atoms with Gasteiger partial charge in [-0.25, -0.2) is 13.1 Å². The maximum absolute atomic E-state index is 12.0. The number of hydrogen-bond acceptors (Lipinski definition) is 4. The van der Waals surface area contributed by atoms with Crippen LogP contribution in [-0.2, 0) is 21.9 Å². The van der Waals surface area contributed by atoms with E-state index in [0.29, 0.717) is 0 Å². The molecule has 9 heteroatoms. The molecule has 0 atom stereocenters. The number of nitrogens with zero attached hydrogens (tertiary/aromatic N) is 1. The maximum atomic E-state index is 12.0. The van der Waals surface area contributed by atoms with Crippen molar-refractivity contribution in [2.45, 2.75) is 18.7 Å². The fourth-order valence-corrected chi connectivity index (χ4v) is 2.29. The molecule has 0 radical (unpaired) electrons. The average molecular weight is 317 g/mol. The Kier molecular flexibility index (Phi) is 4.79. The molecule has 0 bridgehead atoms. The summed E-state index contributed by atoms with van der Waals surface area (Å²) in [5, 5.41) is 11.5. The van der Waals surface area contributed by atoms with Crippen LogP contribution in [0.5, 0.6) is 0 Å². The number of aliphatic carboxylic acids is 1. The third-order valence-corrected chi connectivity index (χ3v) is 4.44. The van der Waals surface area contributed by atoms with Crippen molar-refractivity contribution in [1.29, 1.82) is 0 Å². The Morgan fingerprint density at radius 3 is 2.43 bits per heavy atom. The van der Waals surface area contributed by atoms with Gasteiger partial charge in [-0.15, -0.1) is 0 Å². The Bertz CT molecular complexity index is 660. The zero-order valence-electron chi connectivity index (χ0n) is 12.3. The van der Waals surface area contributed by atoms with E-state index < -0.39 is 27.3 Å². The number of carboxylic acid groups (broad SMARTS) is 1. The van der Waals surface area contributed by atoms with Gasteiger partial charge in [0, 0.05) is 19.8 Å². The summed E-state index contributed by atoms with van der Waals surface area (Å²) < 4.78 is 26.8. The van der Waals surface area contributed by atoms with Crippen molar-refractivity contribution in [2.24, 2.45) is 12.5 Å². The lowest BCUT2D eigenvalue weighted by Crippen LogP contribution is -2.39. The number of amides is 1. The van der Waals surface area contributed by atoms with Crippen LogP contribution in [-0.4, -0.2) is 43.6 Å². The van der Waals surface area contributed by atoms with Crippen LogP contribution in [0.1, 0.15) is 24.3 Å². The highest BCUT2D eigenvalue weighted by Crippen LogP contribution is 2.15. The molecule has 0 aliphatic carbocycles. The number of hydrogen-bond donors (Lipinski definition) is 3. The number of carbonyl (C=O) groups is 2. The predicted octanol–water partition coefficient (Wildman–Crippen LogP) is -0.226. The number of carboxylic acids is 1. The van der Waals surface area contributed by atoms with E-state index >= 15 is 0 Å². The zero-order chi connectivity index (χ0) is 16.4. The van der Waals surface area contributed by atoms with Gasteiger partial charge in [0.25, 0.3) is 5.91 Å². The molecule has 21 heavy (non-hydrogen) atoms. The number of sulfonamides is 1. The first-order chi connectivity index (χ1) is 9.51. The quantitative estimate of drug-likeness (QED) is 0.670. The zero-order valence-corrected chi connectivity index (χ0v) is 13.1. The van der Waals surface area contributed by atoms with Crippen molar-refractivity contribution in [3.8, 4) is 0 Å². The summed E-state index contributed by atoms with van der Waals surface area (Å²) in [6, 6.07) is 1.23. The molecule has 0 saturated heterocycles. The van der Waals surface area contributed by atoms with Crippen molar-refractivity contribution in [2.75, 3.05) is 13.6 Å².